The highest BCUT2D eigenvalue weighted by Gasteiger charge is 2.36. The van der Waals surface area contributed by atoms with Gasteiger partial charge in [0.05, 0.1) is 16.6 Å². The average Bonchev–Trinajstić information content (AvgIpc) is 2.84. The van der Waals surface area contributed by atoms with Crippen molar-refractivity contribution < 1.29 is 18.7 Å². The van der Waals surface area contributed by atoms with Gasteiger partial charge in [-0.1, -0.05) is 13.8 Å². The number of alkyl halides is 2. The van der Waals surface area contributed by atoms with Crippen LogP contribution in [0.15, 0.2) is 18.2 Å². The number of aryl methyl sites for hydroxylation is 1. The first-order chi connectivity index (χ1) is 10.9. The maximum absolute atomic E-state index is 13.3. The molecule has 0 atom stereocenters. The molecule has 126 valence electrons. The molecular weight excluding hydrogens is 302 g/mol. The molecule has 1 aliphatic carbocycles. The SMILES string of the molecule is CC.Cc1nc2cc(C(=O)O)ccc2n1C1CCC(F)(F)CC1. The van der Waals surface area contributed by atoms with E-state index in [1.165, 1.54) is 12.1 Å². The summed E-state index contributed by atoms with van der Waals surface area (Å²) in [6.07, 6.45) is 0.619. The minimum atomic E-state index is -2.56. The van der Waals surface area contributed by atoms with Crippen molar-refractivity contribution in [1.29, 1.82) is 0 Å². The highest BCUT2D eigenvalue weighted by Crippen LogP contribution is 2.40. The van der Waals surface area contributed by atoms with Gasteiger partial charge in [0.1, 0.15) is 5.82 Å². The number of hydrogen-bond acceptors (Lipinski definition) is 2. The minimum Gasteiger partial charge on any atom is -0.478 e. The molecule has 0 aliphatic heterocycles. The molecule has 1 heterocycles. The lowest BCUT2D eigenvalue weighted by molar-refractivity contribution is -0.0437. The topological polar surface area (TPSA) is 55.1 Å². The molecule has 1 aromatic carbocycles. The molecule has 3 rings (SSSR count). The maximum Gasteiger partial charge on any atom is 0.335 e. The second kappa shape index (κ2) is 6.64. The fraction of sp³-hybridized carbons (Fsp3) is 0.529. The van der Waals surface area contributed by atoms with Crippen LogP contribution in [0.1, 0.15) is 61.8 Å². The second-order valence-electron chi connectivity index (χ2n) is 5.62. The van der Waals surface area contributed by atoms with E-state index in [9.17, 15) is 13.6 Å². The van der Waals surface area contributed by atoms with E-state index >= 15 is 0 Å². The smallest absolute Gasteiger partial charge is 0.335 e. The second-order valence-corrected chi connectivity index (χ2v) is 5.62. The average molecular weight is 324 g/mol. The van der Waals surface area contributed by atoms with E-state index < -0.39 is 11.9 Å². The van der Waals surface area contributed by atoms with Gasteiger partial charge in [0.25, 0.3) is 0 Å². The molecule has 0 unspecified atom stereocenters. The Morgan fingerprint density at radius 1 is 1.30 bits per heavy atom. The lowest BCUT2D eigenvalue weighted by atomic mass is 9.92. The van der Waals surface area contributed by atoms with Gasteiger partial charge in [0.15, 0.2) is 0 Å². The largest absolute Gasteiger partial charge is 0.478 e. The molecule has 1 aliphatic rings. The van der Waals surface area contributed by atoms with Gasteiger partial charge in [-0.3, -0.25) is 0 Å². The number of fused-ring (bicyclic) bond motifs is 1. The van der Waals surface area contributed by atoms with Crippen molar-refractivity contribution in [1.82, 2.24) is 9.55 Å². The number of hydrogen-bond donors (Lipinski definition) is 1. The number of halogens is 2. The van der Waals surface area contributed by atoms with E-state index in [1.807, 2.05) is 25.3 Å². The van der Waals surface area contributed by atoms with Crippen LogP contribution in [0.3, 0.4) is 0 Å². The summed E-state index contributed by atoms with van der Waals surface area (Å²) in [4.78, 5) is 15.4. The quantitative estimate of drug-likeness (QED) is 0.861. The molecule has 1 N–H and O–H groups in total. The molecule has 1 saturated carbocycles. The Kier molecular flexibility index (Phi) is 5.02. The Morgan fingerprint density at radius 2 is 1.91 bits per heavy atom. The fourth-order valence-electron chi connectivity index (χ4n) is 3.10. The Labute approximate surface area is 134 Å². The molecule has 0 spiro atoms. The zero-order valence-electron chi connectivity index (χ0n) is 13.6. The molecule has 23 heavy (non-hydrogen) atoms. The molecule has 2 aromatic rings. The van der Waals surface area contributed by atoms with Gasteiger partial charge >= 0.3 is 5.97 Å². The zero-order valence-corrected chi connectivity index (χ0v) is 13.6. The minimum absolute atomic E-state index is 0.00491. The van der Waals surface area contributed by atoms with Crippen LogP contribution in [-0.2, 0) is 0 Å². The van der Waals surface area contributed by atoms with Gasteiger partial charge in [-0.05, 0) is 38.0 Å². The first-order valence-corrected chi connectivity index (χ1v) is 7.97. The normalized spacial score (nSPS) is 17.6. The molecule has 0 radical (unpaired) electrons. The number of benzene rings is 1. The number of carboxylic acids is 1. The highest BCUT2D eigenvalue weighted by atomic mass is 19.3. The summed E-state index contributed by atoms with van der Waals surface area (Å²) in [6.45, 7) is 5.83. The summed E-state index contributed by atoms with van der Waals surface area (Å²) < 4.78 is 28.5. The summed E-state index contributed by atoms with van der Waals surface area (Å²) in [5.41, 5.74) is 1.60. The van der Waals surface area contributed by atoms with Crippen LogP contribution >= 0.6 is 0 Å². The number of rotatable bonds is 2. The van der Waals surface area contributed by atoms with Crippen LogP contribution in [0.4, 0.5) is 8.78 Å². The zero-order chi connectivity index (χ0) is 17.2. The fourth-order valence-corrected chi connectivity index (χ4v) is 3.10. The third-order valence-electron chi connectivity index (χ3n) is 4.16. The predicted molar refractivity (Wildman–Crippen MR) is 85.2 cm³/mol. The third kappa shape index (κ3) is 3.51. The van der Waals surface area contributed by atoms with Crippen molar-refractivity contribution in [3.05, 3.63) is 29.6 Å². The van der Waals surface area contributed by atoms with E-state index in [1.54, 1.807) is 6.07 Å². The van der Waals surface area contributed by atoms with Crippen molar-refractivity contribution in [2.75, 3.05) is 0 Å². The summed E-state index contributed by atoms with van der Waals surface area (Å²) in [5, 5.41) is 9.01. The van der Waals surface area contributed by atoms with Crippen molar-refractivity contribution in [3.63, 3.8) is 0 Å². The van der Waals surface area contributed by atoms with E-state index in [2.05, 4.69) is 4.98 Å². The van der Waals surface area contributed by atoms with Crippen LogP contribution in [0.2, 0.25) is 0 Å². The third-order valence-corrected chi connectivity index (χ3v) is 4.16. The number of aromatic nitrogens is 2. The van der Waals surface area contributed by atoms with Gasteiger partial charge in [-0.15, -0.1) is 0 Å². The number of imidazole rings is 1. The number of carboxylic acid groups (broad SMARTS) is 1. The highest BCUT2D eigenvalue weighted by molar-refractivity contribution is 5.92. The van der Waals surface area contributed by atoms with Gasteiger partial charge in [0.2, 0.25) is 5.92 Å². The molecular formula is C17H22F2N2O2. The van der Waals surface area contributed by atoms with Crippen LogP contribution in [0.25, 0.3) is 11.0 Å². The van der Waals surface area contributed by atoms with E-state index in [0.717, 1.165) is 11.3 Å². The molecule has 4 nitrogen and oxygen atoms in total. The van der Waals surface area contributed by atoms with Crippen LogP contribution in [0.5, 0.6) is 0 Å². The summed E-state index contributed by atoms with van der Waals surface area (Å²) in [7, 11) is 0. The predicted octanol–water partition coefficient (Wildman–Crippen LogP) is 4.82. The number of carbonyl (C=O) groups is 1. The number of aromatic carboxylic acids is 1. The van der Waals surface area contributed by atoms with Gasteiger partial charge < -0.3 is 9.67 Å². The van der Waals surface area contributed by atoms with Gasteiger partial charge in [-0.25, -0.2) is 18.6 Å². The van der Waals surface area contributed by atoms with E-state index in [4.69, 9.17) is 5.11 Å². The molecule has 1 aromatic heterocycles. The first-order valence-electron chi connectivity index (χ1n) is 7.97. The molecule has 0 bridgehead atoms. The molecule has 1 fully saturated rings. The summed E-state index contributed by atoms with van der Waals surface area (Å²) >= 11 is 0. The van der Waals surface area contributed by atoms with Gasteiger partial charge in [-0.2, -0.15) is 0 Å². The van der Waals surface area contributed by atoms with Crippen LogP contribution < -0.4 is 0 Å². The van der Waals surface area contributed by atoms with Crippen molar-refractivity contribution in [3.8, 4) is 0 Å². The van der Waals surface area contributed by atoms with Crippen molar-refractivity contribution in [2.45, 2.75) is 58.4 Å². The Bertz CT molecular complexity index is 700. The molecule has 6 heteroatoms. The molecule has 0 saturated heterocycles. The Morgan fingerprint density at radius 3 is 2.48 bits per heavy atom. The van der Waals surface area contributed by atoms with Gasteiger partial charge in [0, 0.05) is 18.9 Å². The monoisotopic (exact) mass is 324 g/mol. The summed E-state index contributed by atoms with van der Waals surface area (Å²) in [5.74, 6) is -2.82. The van der Waals surface area contributed by atoms with Crippen LogP contribution in [-0.4, -0.2) is 26.5 Å². The van der Waals surface area contributed by atoms with E-state index in [0.29, 0.717) is 18.4 Å². The molecule has 0 amide bonds. The van der Waals surface area contributed by atoms with Crippen molar-refractivity contribution in [2.24, 2.45) is 0 Å². The van der Waals surface area contributed by atoms with Crippen LogP contribution in [0, 0.1) is 6.92 Å². The standard InChI is InChI=1S/C15H16F2N2O2.C2H6/c1-9-18-12-8-10(14(20)21)2-3-13(12)19(9)11-4-6-15(16,17)7-5-11;1-2/h2-3,8,11H,4-7H2,1H3,(H,20,21);1-2H3. The first kappa shape index (κ1) is 17.4. The van der Waals surface area contributed by atoms with Crippen molar-refractivity contribution >= 4 is 17.0 Å². The summed E-state index contributed by atoms with van der Waals surface area (Å²) in [6, 6.07) is 4.77. The Hall–Kier alpha value is -1.98. The maximum atomic E-state index is 13.3. The van der Waals surface area contributed by atoms with E-state index in [-0.39, 0.29) is 24.4 Å². The lowest BCUT2D eigenvalue weighted by Gasteiger charge is -2.30. The number of nitrogens with zero attached hydrogens (tertiary/aromatic N) is 2. The lowest BCUT2D eigenvalue weighted by Crippen LogP contribution is -2.26. The Balaban J connectivity index is 0.000000924.